The van der Waals surface area contributed by atoms with Gasteiger partial charge in [-0.15, -0.1) is 0 Å². The van der Waals surface area contributed by atoms with E-state index >= 15 is 0 Å². The van der Waals surface area contributed by atoms with Crippen LogP contribution in [-0.4, -0.2) is 30.3 Å². The summed E-state index contributed by atoms with van der Waals surface area (Å²) in [4.78, 5) is 23.6. The lowest BCUT2D eigenvalue weighted by atomic mass is 10.1. The van der Waals surface area contributed by atoms with Crippen LogP contribution in [0.5, 0.6) is 5.75 Å². The van der Waals surface area contributed by atoms with E-state index in [1.54, 1.807) is 0 Å². The Balaban J connectivity index is 1.88. The number of urea groups is 1. The third-order valence-electron chi connectivity index (χ3n) is 4.94. The highest BCUT2D eigenvalue weighted by molar-refractivity contribution is 5.94. The van der Waals surface area contributed by atoms with E-state index in [-0.39, 0.29) is 24.4 Å². The highest BCUT2D eigenvalue weighted by Crippen LogP contribution is 2.12. The van der Waals surface area contributed by atoms with Crippen molar-refractivity contribution in [1.82, 2.24) is 16.0 Å². The molecule has 1 aromatic carbocycles. The molecule has 0 aliphatic rings. The second-order valence-corrected chi connectivity index (χ2v) is 7.55. The molecular formula is C23H39N3O3. The molecule has 0 aliphatic heterocycles. The van der Waals surface area contributed by atoms with Gasteiger partial charge in [-0.3, -0.25) is 4.79 Å². The summed E-state index contributed by atoms with van der Waals surface area (Å²) < 4.78 is 0. The summed E-state index contributed by atoms with van der Waals surface area (Å²) in [5.41, 5.74) is 0.432. The fourth-order valence-electron chi connectivity index (χ4n) is 3.15. The fourth-order valence-corrected chi connectivity index (χ4v) is 3.15. The number of rotatable bonds is 16. The summed E-state index contributed by atoms with van der Waals surface area (Å²) >= 11 is 0. The van der Waals surface area contributed by atoms with Gasteiger partial charge in [0.1, 0.15) is 5.75 Å². The molecule has 0 unspecified atom stereocenters. The van der Waals surface area contributed by atoms with Gasteiger partial charge in [-0.25, -0.2) is 4.79 Å². The van der Waals surface area contributed by atoms with E-state index in [0.717, 1.165) is 12.8 Å². The third kappa shape index (κ3) is 13.6. The number of benzene rings is 1. The van der Waals surface area contributed by atoms with Crippen molar-refractivity contribution in [2.24, 2.45) is 0 Å². The lowest BCUT2D eigenvalue weighted by molar-refractivity contribution is 0.0952. The van der Waals surface area contributed by atoms with Crippen LogP contribution in [0.4, 0.5) is 4.79 Å². The highest BCUT2D eigenvalue weighted by atomic mass is 16.3. The van der Waals surface area contributed by atoms with Gasteiger partial charge < -0.3 is 21.1 Å². The Morgan fingerprint density at radius 2 is 1.24 bits per heavy atom. The predicted molar refractivity (Wildman–Crippen MR) is 118 cm³/mol. The molecule has 0 radical (unpaired) electrons. The topological polar surface area (TPSA) is 90.5 Å². The highest BCUT2D eigenvalue weighted by Gasteiger charge is 2.05. The third-order valence-corrected chi connectivity index (χ3v) is 4.94. The zero-order valence-electron chi connectivity index (χ0n) is 18.0. The van der Waals surface area contributed by atoms with Gasteiger partial charge in [0.2, 0.25) is 0 Å². The Kier molecular flexibility index (Phi) is 14.3. The van der Waals surface area contributed by atoms with E-state index in [2.05, 4.69) is 22.9 Å². The Morgan fingerprint density at radius 3 is 1.79 bits per heavy atom. The maximum absolute atomic E-state index is 11.9. The van der Waals surface area contributed by atoms with Gasteiger partial charge >= 0.3 is 6.03 Å². The fraction of sp³-hybridized carbons (Fsp3) is 0.652. The Hall–Kier alpha value is -2.24. The van der Waals surface area contributed by atoms with Crippen molar-refractivity contribution in [1.29, 1.82) is 0 Å². The maximum atomic E-state index is 11.9. The van der Waals surface area contributed by atoms with Gasteiger partial charge in [0.05, 0.1) is 6.67 Å². The number of unbranched alkanes of at least 4 members (excludes halogenated alkanes) is 11. The van der Waals surface area contributed by atoms with Crippen molar-refractivity contribution in [3.8, 4) is 5.75 Å². The molecule has 4 N–H and O–H groups in total. The molecule has 1 rings (SSSR count). The quantitative estimate of drug-likeness (QED) is 0.228. The second-order valence-electron chi connectivity index (χ2n) is 7.55. The van der Waals surface area contributed by atoms with Crippen molar-refractivity contribution >= 4 is 11.9 Å². The van der Waals surface area contributed by atoms with Crippen LogP contribution in [0.15, 0.2) is 24.3 Å². The van der Waals surface area contributed by atoms with Crippen LogP contribution in [0.1, 0.15) is 94.3 Å². The number of phenols is 1. The minimum atomic E-state index is -0.300. The van der Waals surface area contributed by atoms with Crippen molar-refractivity contribution in [2.45, 2.75) is 84.0 Å². The van der Waals surface area contributed by atoms with Gasteiger partial charge in [0.15, 0.2) is 0 Å². The van der Waals surface area contributed by atoms with Crippen LogP contribution in [0.3, 0.4) is 0 Å². The first-order valence-electron chi connectivity index (χ1n) is 11.2. The number of amides is 3. The molecule has 0 heterocycles. The van der Waals surface area contributed by atoms with Crippen molar-refractivity contribution in [3.63, 3.8) is 0 Å². The van der Waals surface area contributed by atoms with Crippen molar-refractivity contribution in [2.75, 3.05) is 13.2 Å². The molecule has 0 fully saturated rings. The molecule has 164 valence electrons. The first-order chi connectivity index (χ1) is 14.1. The van der Waals surface area contributed by atoms with Gasteiger partial charge in [0.25, 0.3) is 5.91 Å². The van der Waals surface area contributed by atoms with Crippen LogP contribution in [0.2, 0.25) is 0 Å². The SMILES string of the molecule is CCCCCCCCCCCCCCNC(=O)NCNC(=O)c1ccc(O)cc1. The van der Waals surface area contributed by atoms with E-state index in [4.69, 9.17) is 0 Å². The van der Waals surface area contributed by atoms with Crippen LogP contribution in [0, 0.1) is 0 Å². The summed E-state index contributed by atoms with van der Waals surface area (Å²) in [6.07, 6.45) is 15.5. The molecule has 0 aromatic heterocycles. The Labute approximate surface area is 175 Å². The van der Waals surface area contributed by atoms with E-state index in [1.165, 1.54) is 88.5 Å². The summed E-state index contributed by atoms with van der Waals surface area (Å²) in [6.45, 7) is 2.96. The number of phenolic OH excluding ortho intramolecular Hbond substituents is 1. The molecule has 0 aliphatic carbocycles. The average molecular weight is 406 g/mol. The van der Waals surface area contributed by atoms with Crippen LogP contribution in [-0.2, 0) is 0 Å². The van der Waals surface area contributed by atoms with E-state index < -0.39 is 0 Å². The molecule has 29 heavy (non-hydrogen) atoms. The van der Waals surface area contributed by atoms with Gasteiger partial charge in [-0.05, 0) is 30.7 Å². The Morgan fingerprint density at radius 1 is 0.724 bits per heavy atom. The number of hydrogen-bond donors (Lipinski definition) is 4. The predicted octanol–water partition coefficient (Wildman–Crippen LogP) is 5.08. The average Bonchev–Trinajstić information content (AvgIpc) is 2.72. The second kappa shape index (κ2) is 16.7. The summed E-state index contributed by atoms with van der Waals surface area (Å²) in [5.74, 6) is -0.192. The minimum Gasteiger partial charge on any atom is -0.508 e. The van der Waals surface area contributed by atoms with Gasteiger partial charge in [0, 0.05) is 12.1 Å². The summed E-state index contributed by atoms with van der Waals surface area (Å²) in [5, 5.41) is 17.2. The first-order valence-corrected chi connectivity index (χ1v) is 11.2. The lowest BCUT2D eigenvalue weighted by Crippen LogP contribution is -2.42. The summed E-state index contributed by atoms with van der Waals surface area (Å²) in [7, 11) is 0. The summed E-state index contributed by atoms with van der Waals surface area (Å²) in [6, 6.07) is 5.67. The number of nitrogens with one attached hydrogen (secondary N) is 3. The minimum absolute atomic E-state index is 0.0595. The Bertz CT molecular complexity index is 561. The molecule has 0 saturated carbocycles. The molecular weight excluding hydrogens is 366 g/mol. The van der Waals surface area contributed by atoms with Crippen molar-refractivity contribution < 1.29 is 14.7 Å². The van der Waals surface area contributed by atoms with Gasteiger partial charge in [-0.2, -0.15) is 0 Å². The lowest BCUT2D eigenvalue weighted by Gasteiger charge is -2.09. The molecule has 0 bridgehead atoms. The smallest absolute Gasteiger partial charge is 0.316 e. The van der Waals surface area contributed by atoms with E-state index in [0.29, 0.717) is 12.1 Å². The standard InChI is InChI=1S/C23H39N3O3/c1-2-3-4-5-6-7-8-9-10-11-12-13-18-24-23(29)26-19-25-22(28)20-14-16-21(27)17-15-20/h14-17,27H,2-13,18-19H2,1H3,(H,25,28)(H2,24,26,29). The first kappa shape index (κ1) is 24.8. The zero-order chi connectivity index (χ0) is 21.2. The molecule has 3 amide bonds. The van der Waals surface area contributed by atoms with Crippen LogP contribution < -0.4 is 16.0 Å². The maximum Gasteiger partial charge on any atom is 0.316 e. The molecule has 6 heteroatoms. The number of hydrogen-bond acceptors (Lipinski definition) is 3. The van der Waals surface area contributed by atoms with Crippen LogP contribution in [0.25, 0.3) is 0 Å². The molecule has 0 atom stereocenters. The van der Waals surface area contributed by atoms with Gasteiger partial charge in [-0.1, -0.05) is 77.6 Å². The van der Waals surface area contributed by atoms with Crippen molar-refractivity contribution in [3.05, 3.63) is 29.8 Å². The molecule has 6 nitrogen and oxygen atoms in total. The largest absolute Gasteiger partial charge is 0.508 e. The van der Waals surface area contributed by atoms with E-state index in [9.17, 15) is 14.7 Å². The number of carbonyl (C=O) groups is 2. The molecule has 0 saturated heterocycles. The zero-order valence-corrected chi connectivity index (χ0v) is 18.0. The molecule has 1 aromatic rings. The monoisotopic (exact) mass is 405 g/mol. The normalized spacial score (nSPS) is 10.5. The molecule has 0 spiro atoms. The number of carbonyl (C=O) groups excluding carboxylic acids is 2. The number of aromatic hydroxyl groups is 1. The van der Waals surface area contributed by atoms with E-state index in [1.807, 2.05) is 0 Å². The van der Waals surface area contributed by atoms with Crippen LogP contribution >= 0.6 is 0 Å².